The van der Waals surface area contributed by atoms with E-state index in [0.717, 1.165) is 5.56 Å². The number of amides is 5. The van der Waals surface area contributed by atoms with Crippen molar-refractivity contribution in [1.82, 2.24) is 26.2 Å². The van der Waals surface area contributed by atoms with Crippen molar-refractivity contribution in [1.29, 1.82) is 0 Å². The second-order valence-electron chi connectivity index (χ2n) is 9.91. The molecule has 0 unspecified atom stereocenters. The van der Waals surface area contributed by atoms with Gasteiger partial charge in [0.2, 0.25) is 29.5 Å². The lowest BCUT2D eigenvalue weighted by Crippen LogP contribution is -2.55. The molecule has 15 heteroatoms. The molecule has 15 nitrogen and oxygen atoms in total. The number of nitrogens with one attached hydrogen (secondary N) is 4. The molecule has 0 spiro atoms. The lowest BCUT2D eigenvalue weighted by molar-refractivity contribution is -0.138. The molecule has 1 aliphatic rings. The van der Waals surface area contributed by atoms with Crippen molar-refractivity contribution < 1.29 is 28.8 Å². The first-order valence-corrected chi connectivity index (χ1v) is 13.8. The first-order valence-electron chi connectivity index (χ1n) is 13.8. The quantitative estimate of drug-likeness (QED) is 0.0451. The number of nitrogens with two attached hydrogens (primary N) is 3. The number of nitrogens with zero attached hydrogens (tertiary/aromatic N) is 2. The highest BCUT2D eigenvalue weighted by atomic mass is 16.2. The maximum absolute atomic E-state index is 13.1. The summed E-state index contributed by atoms with van der Waals surface area (Å²) in [6.07, 6.45) is 2.45. The number of rotatable bonds is 16. The molecule has 0 aliphatic carbocycles. The zero-order valence-electron chi connectivity index (χ0n) is 23.7. The Morgan fingerprint density at radius 3 is 2.43 bits per heavy atom. The van der Waals surface area contributed by atoms with E-state index in [9.17, 15) is 28.8 Å². The van der Waals surface area contributed by atoms with Crippen molar-refractivity contribution >= 4 is 41.8 Å². The molecule has 1 heterocycles. The third kappa shape index (κ3) is 11.2. The van der Waals surface area contributed by atoms with Gasteiger partial charge in [-0.25, -0.2) is 0 Å². The van der Waals surface area contributed by atoms with Crippen LogP contribution in [0.4, 0.5) is 0 Å². The lowest BCUT2D eigenvalue weighted by atomic mass is 10.1. The van der Waals surface area contributed by atoms with Gasteiger partial charge < -0.3 is 48.2 Å². The maximum Gasteiger partial charge on any atom is 0.243 e. The summed E-state index contributed by atoms with van der Waals surface area (Å²) in [7, 11) is 0. The minimum absolute atomic E-state index is 0.123. The van der Waals surface area contributed by atoms with E-state index in [1.807, 2.05) is 30.3 Å². The summed E-state index contributed by atoms with van der Waals surface area (Å²) in [4.78, 5) is 79.8. The van der Waals surface area contributed by atoms with Crippen LogP contribution in [-0.2, 0) is 35.2 Å². The minimum Gasteiger partial charge on any atom is -0.370 e. The van der Waals surface area contributed by atoms with Crippen molar-refractivity contribution in [2.75, 3.05) is 26.2 Å². The Morgan fingerprint density at radius 1 is 1.07 bits per heavy atom. The number of aliphatic imine (C=N–C) groups is 1. The number of hydrogen-bond donors (Lipinski definition) is 7. The zero-order chi connectivity index (χ0) is 31.1. The lowest BCUT2D eigenvalue weighted by Gasteiger charge is -2.24. The highest BCUT2D eigenvalue weighted by molar-refractivity contribution is 5.94. The Morgan fingerprint density at radius 2 is 1.79 bits per heavy atom. The monoisotopic (exact) mass is 587 g/mol. The fourth-order valence-corrected chi connectivity index (χ4v) is 4.45. The minimum atomic E-state index is -1.08. The second kappa shape index (κ2) is 17.3. The Labute approximate surface area is 244 Å². The molecule has 5 amide bonds. The number of carbonyl (C=O) groups excluding carboxylic acids is 6. The highest BCUT2D eigenvalue weighted by Gasteiger charge is 2.33. The van der Waals surface area contributed by atoms with E-state index in [-0.39, 0.29) is 37.8 Å². The van der Waals surface area contributed by atoms with Gasteiger partial charge >= 0.3 is 0 Å². The summed E-state index contributed by atoms with van der Waals surface area (Å²) < 4.78 is 0. The van der Waals surface area contributed by atoms with Crippen LogP contribution < -0.4 is 38.5 Å². The number of hydrogen-bond acceptors (Lipinski definition) is 8. The normalized spacial score (nSPS) is 16.3. The van der Waals surface area contributed by atoms with Crippen LogP contribution >= 0.6 is 0 Å². The van der Waals surface area contributed by atoms with Crippen LogP contribution in [0.3, 0.4) is 0 Å². The van der Waals surface area contributed by atoms with Crippen LogP contribution in [0.25, 0.3) is 0 Å². The van der Waals surface area contributed by atoms with Crippen LogP contribution in [0.5, 0.6) is 0 Å². The number of likely N-dealkylation sites (tertiary alicyclic amines) is 1. The fraction of sp³-hybridized carbons (Fsp3) is 0.519. The summed E-state index contributed by atoms with van der Waals surface area (Å²) in [6, 6.07) is 5.52. The molecule has 1 aromatic rings. The molecule has 1 saturated heterocycles. The molecular formula is C27H41N9O6. The highest BCUT2D eigenvalue weighted by Crippen LogP contribution is 2.17. The molecule has 42 heavy (non-hydrogen) atoms. The molecule has 1 fully saturated rings. The van der Waals surface area contributed by atoms with Crippen LogP contribution in [0.2, 0.25) is 0 Å². The van der Waals surface area contributed by atoms with Crippen LogP contribution in [0.1, 0.15) is 38.2 Å². The van der Waals surface area contributed by atoms with Gasteiger partial charge in [-0.05, 0) is 44.6 Å². The molecule has 2 rings (SSSR count). The van der Waals surface area contributed by atoms with Gasteiger partial charge in [0.05, 0.1) is 19.1 Å². The van der Waals surface area contributed by atoms with Gasteiger partial charge in [-0.15, -0.1) is 0 Å². The summed E-state index contributed by atoms with van der Waals surface area (Å²) >= 11 is 0. The van der Waals surface area contributed by atoms with E-state index in [0.29, 0.717) is 32.1 Å². The van der Waals surface area contributed by atoms with Crippen molar-refractivity contribution in [2.45, 2.75) is 63.2 Å². The number of aldehydes is 1. The van der Waals surface area contributed by atoms with E-state index < -0.39 is 54.3 Å². The smallest absolute Gasteiger partial charge is 0.243 e. The SMILES string of the molecule is C[C@H](NC(=O)[C@H](CCCN=C(N)N)NC(=O)CNC(=O)[C@@H]1CCCN1C(=O)CN)C(=O)N[C@H](C=O)Cc1ccccc1. The summed E-state index contributed by atoms with van der Waals surface area (Å²) in [5.41, 5.74) is 17.0. The molecule has 1 aliphatic heterocycles. The molecular weight excluding hydrogens is 546 g/mol. The van der Waals surface area contributed by atoms with Gasteiger partial charge in [0.1, 0.15) is 24.4 Å². The predicted octanol–water partition coefficient (Wildman–Crippen LogP) is -2.98. The Bertz CT molecular complexity index is 1130. The fourth-order valence-electron chi connectivity index (χ4n) is 4.45. The molecule has 230 valence electrons. The molecule has 0 radical (unpaired) electrons. The number of benzene rings is 1. The van der Waals surface area contributed by atoms with Gasteiger partial charge in [0, 0.05) is 13.1 Å². The second-order valence-corrected chi connectivity index (χ2v) is 9.91. The largest absolute Gasteiger partial charge is 0.370 e. The summed E-state index contributed by atoms with van der Waals surface area (Å²) in [6.45, 7) is 1.40. The summed E-state index contributed by atoms with van der Waals surface area (Å²) in [5, 5.41) is 10.2. The average molecular weight is 588 g/mol. The molecule has 10 N–H and O–H groups in total. The van der Waals surface area contributed by atoms with Crippen molar-refractivity contribution in [3.05, 3.63) is 35.9 Å². The summed E-state index contributed by atoms with van der Waals surface area (Å²) in [5.74, 6) is -2.86. The molecule has 1 aromatic carbocycles. The Kier molecular flexibility index (Phi) is 13.9. The first-order chi connectivity index (χ1) is 20.0. The molecule has 0 saturated carbocycles. The Hall–Kier alpha value is -4.53. The van der Waals surface area contributed by atoms with Crippen LogP contribution in [0, 0.1) is 0 Å². The average Bonchev–Trinajstić information content (AvgIpc) is 3.47. The van der Waals surface area contributed by atoms with Crippen LogP contribution in [0.15, 0.2) is 35.3 Å². The third-order valence-corrected chi connectivity index (χ3v) is 6.61. The van der Waals surface area contributed by atoms with E-state index in [4.69, 9.17) is 17.2 Å². The number of guanidine groups is 1. The molecule has 0 bridgehead atoms. The van der Waals surface area contributed by atoms with Gasteiger partial charge in [-0.1, -0.05) is 30.3 Å². The maximum atomic E-state index is 13.1. The third-order valence-electron chi connectivity index (χ3n) is 6.61. The van der Waals surface area contributed by atoms with E-state index >= 15 is 0 Å². The van der Waals surface area contributed by atoms with Crippen LogP contribution in [-0.4, -0.2) is 97.0 Å². The van der Waals surface area contributed by atoms with Gasteiger partial charge in [0.25, 0.3) is 0 Å². The van der Waals surface area contributed by atoms with Crippen molar-refractivity contribution in [3.8, 4) is 0 Å². The molecule has 4 atom stereocenters. The van der Waals surface area contributed by atoms with E-state index in [1.165, 1.54) is 11.8 Å². The van der Waals surface area contributed by atoms with Crippen molar-refractivity contribution in [2.24, 2.45) is 22.2 Å². The van der Waals surface area contributed by atoms with Gasteiger partial charge in [0.15, 0.2) is 5.96 Å². The number of carbonyl (C=O) groups is 6. The predicted molar refractivity (Wildman–Crippen MR) is 154 cm³/mol. The first kappa shape index (κ1) is 33.7. The van der Waals surface area contributed by atoms with E-state index in [2.05, 4.69) is 26.3 Å². The topological polar surface area (TPSA) is 244 Å². The van der Waals surface area contributed by atoms with Gasteiger partial charge in [-0.3, -0.25) is 29.0 Å². The van der Waals surface area contributed by atoms with Gasteiger partial charge in [-0.2, -0.15) is 0 Å². The zero-order valence-corrected chi connectivity index (χ0v) is 23.7. The Balaban J connectivity index is 1.96. The van der Waals surface area contributed by atoms with E-state index in [1.54, 1.807) is 0 Å². The standard InChI is InChI=1S/C27H41N9O6/c1-17(24(40)34-19(16-37)13-18-7-3-2-4-8-18)33-25(41)20(9-5-11-31-27(29)30)35-22(38)15-32-26(42)21-10-6-12-36(21)23(39)14-28/h2-4,7-8,16-17,19-21H,5-6,9-15,28H2,1H3,(H,32,42)(H,33,41)(H,34,40)(H,35,38)(H4,29,30,31)/t17-,19-,20-,21-/m0/s1. The van der Waals surface area contributed by atoms with Crippen molar-refractivity contribution in [3.63, 3.8) is 0 Å². The molecule has 0 aromatic heterocycles.